The number of aliphatic hydroxyl groups is 1. The second-order valence-electron chi connectivity index (χ2n) is 10.4. The van der Waals surface area contributed by atoms with Crippen LogP contribution in [0.15, 0.2) is 89.9 Å². The minimum Gasteiger partial charge on any atom is -0.507 e. The molecule has 0 saturated carbocycles. The number of pyridine rings is 1. The molecule has 11 heteroatoms. The highest BCUT2D eigenvalue weighted by molar-refractivity contribution is 6.41. The number of nitrogens with zero attached hydrogens (tertiary/aromatic N) is 3. The van der Waals surface area contributed by atoms with Crippen molar-refractivity contribution in [2.24, 2.45) is 0 Å². The number of hydrogen-bond acceptors (Lipinski definition) is 5. The van der Waals surface area contributed by atoms with E-state index in [1.54, 1.807) is 6.07 Å². The van der Waals surface area contributed by atoms with Gasteiger partial charge in [-0.3, -0.25) is 14.4 Å². The molecular weight excluding hydrogens is 578 g/mol. The summed E-state index contributed by atoms with van der Waals surface area (Å²) >= 11 is 0. The molecular formula is C33H27F4N3O4. The van der Waals surface area contributed by atoms with Crippen LogP contribution in [0, 0.1) is 23.3 Å². The van der Waals surface area contributed by atoms with Crippen molar-refractivity contribution in [3.05, 3.63) is 141 Å². The summed E-state index contributed by atoms with van der Waals surface area (Å²) in [5.74, 6) is -7.00. The molecule has 0 radical (unpaired) electrons. The van der Waals surface area contributed by atoms with Gasteiger partial charge in [0, 0.05) is 56.6 Å². The second-order valence-corrected chi connectivity index (χ2v) is 10.4. The SMILES string of the molecule is O=C(C=C(O)c1cc(Cc2cc(F)cc(F)c2F)cn(Cc2cccc(F)c2)c1=O)C(=O)N1CCN(c2ccccc2)CC1. The first-order chi connectivity index (χ1) is 21.1. The fourth-order valence-electron chi connectivity index (χ4n) is 5.11. The Bertz CT molecular complexity index is 1800. The zero-order valence-corrected chi connectivity index (χ0v) is 23.4. The summed E-state index contributed by atoms with van der Waals surface area (Å²) in [7, 11) is 0. The maximum absolute atomic E-state index is 14.5. The summed E-state index contributed by atoms with van der Waals surface area (Å²) in [6.45, 7) is 1.33. The van der Waals surface area contributed by atoms with Crippen molar-refractivity contribution in [1.82, 2.24) is 9.47 Å². The number of ketones is 1. The van der Waals surface area contributed by atoms with Crippen molar-refractivity contribution in [1.29, 1.82) is 0 Å². The van der Waals surface area contributed by atoms with Crippen LogP contribution >= 0.6 is 0 Å². The number of piperazine rings is 1. The first-order valence-electron chi connectivity index (χ1n) is 13.7. The Morgan fingerprint density at radius 2 is 1.55 bits per heavy atom. The number of halogens is 4. The minimum atomic E-state index is -1.40. The van der Waals surface area contributed by atoms with Gasteiger partial charge in [0.25, 0.3) is 11.5 Å². The lowest BCUT2D eigenvalue weighted by Crippen LogP contribution is -2.50. The third-order valence-electron chi connectivity index (χ3n) is 7.29. The van der Waals surface area contributed by atoms with Crippen molar-refractivity contribution in [2.45, 2.75) is 13.0 Å². The van der Waals surface area contributed by atoms with Gasteiger partial charge >= 0.3 is 0 Å². The summed E-state index contributed by atoms with van der Waals surface area (Å²) in [6.07, 6.45) is 1.54. The highest BCUT2D eigenvalue weighted by Gasteiger charge is 2.26. The van der Waals surface area contributed by atoms with Crippen molar-refractivity contribution >= 4 is 23.1 Å². The average molecular weight is 606 g/mol. The van der Waals surface area contributed by atoms with Crippen molar-refractivity contribution in [3.63, 3.8) is 0 Å². The van der Waals surface area contributed by atoms with E-state index >= 15 is 0 Å². The van der Waals surface area contributed by atoms with E-state index in [4.69, 9.17) is 0 Å². The van der Waals surface area contributed by atoms with Crippen LogP contribution in [-0.4, -0.2) is 52.4 Å². The lowest BCUT2D eigenvalue weighted by atomic mass is 10.0. The highest BCUT2D eigenvalue weighted by atomic mass is 19.2. The van der Waals surface area contributed by atoms with Gasteiger partial charge in [0.2, 0.25) is 5.78 Å². The van der Waals surface area contributed by atoms with E-state index < -0.39 is 51.8 Å². The van der Waals surface area contributed by atoms with E-state index in [-0.39, 0.29) is 37.2 Å². The number of benzene rings is 3. The van der Waals surface area contributed by atoms with E-state index in [9.17, 15) is 37.1 Å². The summed E-state index contributed by atoms with van der Waals surface area (Å²) in [5, 5.41) is 10.9. The molecule has 0 bridgehead atoms. The van der Waals surface area contributed by atoms with E-state index in [0.717, 1.165) is 22.4 Å². The van der Waals surface area contributed by atoms with Crippen LogP contribution in [0.5, 0.6) is 0 Å². The Hall–Kier alpha value is -5.19. The first-order valence-corrected chi connectivity index (χ1v) is 13.7. The molecule has 1 fully saturated rings. The lowest BCUT2D eigenvalue weighted by molar-refractivity contribution is -0.142. The molecule has 1 aromatic heterocycles. The number of carbonyl (C=O) groups excluding carboxylic acids is 2. The van der Waals surface area contributed by atoms with Crippen molar-refractivity contribution in [2.75, 3.05) is 31.1 Å². The van der Waals surface area contributed by atoms with Crippen LogP contribution in [0.1, 0.15) is 22.3 Å². The third-order valence-corrected chi connectivity index (χ3v) is 7.29. The first kappa shape index (κ1) is 30.3. The van der Waals surface area contributed by atoms with Gasteiger partial charge in [-0.1, -0.05) is 30.3 Å². The Morgan fingerprint density at radius 3 is 2.25 bits per heavy atom. The van der Waals surface area contributed by atoms with E-state index in [0.29, 0.717) is 30.8 Å². The summed E-state index contributed by atoms with van der Waals surface area (Å²) in [6, 6.07) is 17.3. The molecule has 4 aromatic rings. The highest BCUT2D eigenvalue weighted by Crippen LogP contribution is 2.21. The maximum Gasteiger partial charge on any atom is 0.294 e. The number of rotatable bonds is 8. The quantitative estimate of drug-likeness (QED) is 0.102. The predicted octanol–water partition coefficient (Wildman–Crippen LogP) is 4.86. The molecule has 7 nitrogen and oxygen atoms in total. The largest absolute Gasteiger partial charge is 0.507 e. The van der Waals surface area contributed by atoms with E-state index in [2.05, 4.69) is 4.90 Å². The summed E-state index contributed by atoms with van der Waals surface area (Å²) in [4.78, 5) is 42.6. The predicted molar refractivity (Wildman–Crippen MR) is 156 cm³/mol. The number of amides is 1. The molecule has 3 aromatic carbocycles. The summed E-state index contributed by atoms with van der Waals surface area (Å²) in [5.41, 5.74) is -0.0497. The molecule has 2 heterocycles. The molecule has 1 N–H and O–H groups in total. The zero-order valence-electron chi connectivity index (χ0n) is 23.4. The van der Waals surface area contributed by atoms with E-state index in [1.807, 2.05) is 30.3 Å². The van der Waals surface area contributed by atoms with Gasteiger partial charge < -0.3 is 19.5 Å². The minimum absolute atomic E-state index is 0.149. The van der Waals surface area contributed by atoms with Crippen LogP contribution in [-0.2, 0) is 22.6 Å². The number of anilines is 1. The molecule has 44 heavy (non-hydrogen) atoms. The van der Waals surface area contributed by atoms with Gasteiger partial charge in [-0.2, -0.15) is 0 Å². The molecule has 5 rings (SSSR count). The molecule has 0 unspecified atom stereocenters. The van der Waals surface area contributed by atoms with Crippen molar-refractivity contribution < 1.29 is 32.3 Å². The number of carbonyl (C=O) groups is 2. The van der Waals surface area contributed by atoms with E-state index in [1.165, 1.54) is 29.3 Å². The standard InChI is InChI=1S/C33H27F4N3O4/c34-24-6-4-5-21(14-24)19-40-20-22(13-23-16-25(35)17-28(36)31(23)37)15-27(32(40)43)29(41)18-30(42)33(44)39-11-9-38(10-12-39)26-7-2-1-3-8-26/h1-8,14-18,20,41H,9-13,19H2. The van der Waals surface area contributed by atoms with Crippen LogP contribution in [0.3, 0.4) is 0 Å². The zero-order chi connectivity index (χ0) is 31.4. The molecule has 0 spiro atoms. The van der Waals surface area contributed by atoms with Gasteiger partial charge in [-0.25, -0.2) is 17.6 Å². The maximum atomic E-state index is 14.5. The van der Waals surface area contributed by atoms with Crippen LogP contribution < -0.4 is 10.5 Å². The molecule has 1 aliphatic heterocycles. The smallest absolute Gasteiger partial charge is 0.294 e. The fourth-order valence-corrected chi connectivity index (χ4v) is 5.11. The summed E-state index contributed by atoms with van der Waals surface area (Å²) < 4.78 is 57.1. The van der Waals surface area contributed by atoms with Gasteiger partial charge in [-0.15, -0.1) is 0 Å². The second kappa shape index (κ2) is 13.0. The number of hydrogen-bond donors (Lipinski definition) is 1. The van der Waals surface area contributed by atoms with Crippen LogP contribution in [0.2, 0.25) is 0 Å². The topological polar surface area (TPSA) is 82.8 Å². The average Bonchev–Trinajstić information content (AvgIpc) is 3.01. The van der Waals surface area contributed by atoms with Gasteiger partial charge in [0.15, 0.2) is 11.6 Å². The Morgan fingerprint density at radius 1 is 0.818 bits per heavy atom. The fraction of sp³-hybridized carbons (Fsp3) is 0.182. The third kappa shape index (κ3) is 6.88. The molecule has 1 amide bonds. The van der Waals surface area contributed by atoms with Crippen molar-refractivity contribution in [3.8, 4) is 0 Å². The molecule has 1 aliphatic rings. The Labute approximate surface area is 249 Å². The number of aliphatic hydroxyl groups excluding tert-OH is 1. The number of para-hydroxylation sites is 1. The molecule has 1 saturated heterocycles. The van der Waals surface area contributed by atoms with Crippen LogP contribution in [0.25, 0.3) is 5.76 Å². The normalized spacial score (nSPS) is 13.7. The Balaban J connectivity index is 1.42. The van der Waals surface area contributed by atoms with Gasteiger partial charge in [0.05, 0.1) is 12.1 Å². The number of aromatic nitrogens is 1. The van der Waals surface area contributed by atoms with Gasteiger partial charge in [-0.05, 0) is 53.1 Å². The Kier molecular flexibility index (Phi) is 8.94. The van der Waals surface area contributed by atoms with Gasteiger partial charge in [0.1, 0.15) is 17.4 Å². The molecule has 226 valence electrons. The molecule has 0 atom stereocenters. The van der Waals surface area contributed by atoms with Crippen LogP contribution in [0.4, 0.5) is 23.2 Å². The molecule has 0 aliphatic carbocycles. The lowest BCUT2D eigenvalue weighted by Gasteiger charge is -2.35. The monoisotopic (exact) mass is 605 g/mol.